The summed E-state index contributed by atoms with van der Waals surface area (Å²) in [6, 6.07) is 4.44. The van der Waals surface area contributed by atoms with Crippen LogP contribution in [-0.2, 0) is 16.6 Å². The Morgan fingerprint density at radius 2 is 1.95 bits per heavy atom. The molecule has 2 aromatic rings. The number of sulfonamides is 1. The van der Waals surface area contributed by atoms with Gasteiger partial charge in [-0.15, -0.1) is 0 Å². The Hall–Kier alpha value is -2.06. The first-order valence-electron chi connectivity index (χ1n) is 6.18. The number of ether oxygens (including phenoxy) is 2. The summed E-state index contributed by atoms with van der Waals surface area (Å²) in [6.45, 7) is 1.99. The van der Waals surface area contributed by atoms with Gasteiger partial charge in [0.25, 0.3) is 0 Å². The van der Waals surface area contributed by atoms with Gasteiger partial charge in [-0.3, -0.25) is 5.10 Å². The number of rotatable bonds is 6. The molecule has 2 N–H and O–H groups in total. The summed E-state index contributed by atoms with van der Waals surface area (Å²) in [4.78, 5) is 0.112. The van der Waals surface area contributed by atoms with Crippen LogP contribution in [0.25, 0.3) is 0 Å². The third-order valence-corrected chi connectivity index (χ3v) is 4.45. The van der Waals surface area contributed by atoms with Crippen molar-refractivity contribution in [3.8, 4) is 11.5 Å². The van der Waals surface area contributed by atoms with Crippen molar-refractivity contribution in [1.29, 1.82) is 0 Å². The number of aromatic amines is 1. The monoisotopic (exact) mass is 311 g/mol. The van der Waals surface area contributed by atoms with Crippen LogP contribution in [0.3, 0.4) is 0 Å². The number of nitrogens with zero attached hydrogens (tertiary/aromatic N) is 1. The first-order chi connectivity index (χ1) is 9.97. The van der Waals surface area contributed by atoms with Gasteiger partial charge in [0, 0.05) is 23.9 Å². The van der Waals surface area contributed by atoms with Gasteiger partial charge in [0.05, 0.1) is 25.3 Å². The molecule has 0 amide bonds. The van der Waals surface area contributed by atoms with Gasteiger partial charge in [0.2, 0.25) is 10.0 Å². The van der Waals surface area contributed by atoms with E-state index in [1.54, 1.807) is 12.3 Å². The molecule has 21 heavy (non-hydrogen) atoms. The van der Waals surface area contributed by atoms with Gasteiger partial charge in [0.15, 0.2) is 11.5 Å². The highest BCUT2D eigenvalue weighted by molar-refractivity contribution is 7.89. The lowest BCUT2D eigenvalue weighted by atomic mass is 10.3. The molecule has 0 aliphatic heterocycles. The maximum absolute atomic E-state index is 12.3. The quantitative estimate of drug-likeness (QED) is 0.836. The molecule has 2 rings (SSSR count). The summed E-state index contributed by atoms with van der Waals surface area (Å²) >= 11 is 0. The number of methoxy groups -OCH3 is 2. The molecule has 0 bridgehead atoms. The number of hydrogen-bond acceptors (Lipinski definition) is 5. The molecule has 1 heterocycles. The molecule has 1 aromatic heterocycles. The Morgan fingerprint density at radius 3 is 2.52 bits per heavy atom. The number of H-pyrrole nitrogens is 1. The van der Waals surface area contributed by atoms with Crippen LogP contribution in [0.4, 0.5) is 0 Å². The van der Waals surface area contributed by atoms with Crippen molar-refractivity contribution in [2.75, 3.05) is 14.2 Å². The highest BCUT2D eigenvalue weighted by Gasteiger charge is 2.17. The van der Waals surface area contributed by atoms with E-state index in [0.717, 1.165) is 11.3 Å². The zero-order valence-electron chi connectivity index (χ0n) is 12.0. The second kappa shape index (κ2) is 6.15. The van der Waals surface area contributed by atoms with Crippen LogP contribution in [-0.4, -0.2) is 32.8 Å². The minimum atomic E-state index is -3.64. The number of hydrogen-bond donors (Lipinski definition) is 2. The van der Waals surface area contributed by atoms with E-state index in [0.29, 0.717) is 11.5 Å². The molecule has 0 unspecified atom stereocenters. The van der Waals surface area contributed by atoms with Gasteiger partial charge in [-0.05, 0) is 19.1 Å². The minimum Gasteiger partial charge on any atom is -0.493 e. The normalized spacial score (nSPS) is 11.4. The molecule has 1 aromatic carbocycles. The van der Waals surface area contributed by atoms with Gasteiger partial charge >= 0.3 is 0 Å². The van der Waals surface area contributed by atoms with Crippen LogP contribution in [0.15, 0.2) is 29.3 Å². The van der Waals surface area contributed by atoms with E-state index < -0.39 is 10.0 Å². The largest absolute Gasteiger partial charge is 0.493 e. The third kappa shape index (κ3) is 3.34. The lowest BCUT2D eigenvalue weighted by Gasteiger charge is -2.10. The van der Waals surface area contributed by atoms with Crippen molar-refractivity contribution >= 4 is 10.0 Å². The zero-order chi connectivity index (χ0) is 15.5. The summed E-state index contributed by atoms with van der Waals surface area (Å²) in [7, 11) is -0.691. The Balaban J connectivity index is 2.21. The molecular weight excluding hydrogens is 294 g/mol. The Bertz CT molecular complexity index is 725. The van der Waals surface area contributed by atoms with Crippen LogP contribution >= 0.6 is 0 Å². The van der Waals surface area contributed by atoms with Gasteiger partial charge in [-0.1, -0.05) is 0 Å². The molecule has 114 valence electrons. The van der Waals surface area contributed by atoms with Crippen LogP contribution in [0.1, 0.15) is 11.3 Å². The van der Waals surface area contributed by atoms with Crippen molar-refractivity contribution in [1.82, 2.24) is 14.9 Å². The maximum Gasteiger partial charge on any atom is 0.241 e. The Morgan fingerprint density at radius 1 is 1.24 bits per heavy atom. The van der Waals surface area contributed by atoms with E-state index in [-0.39, 0.29) is 11.4 Å². The SMILES string of the molecule is COc1ccc(S(=O)(=O)NCc2cn[nH]c2C)cc1OC. The molecule has 0 aliphatic rings. The molecule has 0 fully saturated rings. The fraction of sp³-hybridized carbons (Fsp3) is 0.308. The fourth-order valence-electron chi connectivity index (χ4n) is 1.79. The van der Waals surface area contributed by atoms with Crippen LogP contribution in [0.5, 0.6) is 11.5 Å². The van der Waals surface area contributed by atoms with Crippen molar-refractivity contribution in [2.45, 2.75) is 18.4 Å². The van der Waals surface area contributed by atoms with E-state index in [2.05, 4.69) is 14.9 Å². The van der Waals surface area contributed by atoms with E-state index >= 15 is 0 Å². The number of aromatic nitrogens is 2. The molecule has 0 saturated heterocycles. The predicted molar refractivity (Wildman–Crippen MR) is 76.9 cm³/mol. The molecule has 0 spiro atoms. The summed E-state index contributed by atoms with van der Waals surface area (Å²) in [5.41, 5.74) is 1.61. The lowest BCUT2D eigenvalue weighted by molar-refractivity contribution is 0.354. The molecule has 7 nitrogen and oxygen atoms in total. The first kappa shape index (κ1) is 15.3. The van der Waals surface area contributed by atoms with Crippen molar-refractivity contribution in [3.63, 3.8) is 0 Å². The summed E-state index contributed by atoms with van der Waals surface area (Å²) in [5.74, 6) is 0.835. The van der Waals surface area contributed by atoms with Crippen LogP contribution in [0.2, 0.25) is 0 Å². The van der Waals surface area contributed by atoms with E-state index in [1.807, 2.05) is 6.92 Å². The van der Waals surface area contributed by atoms with Gasteiger partial charge in [0.1, 0.15) is 0 Å². The van der Waals surface area contributed by atoms with Gasteiger partial charge < -0.3 is 9.47 Å². The van der Waals surface area contributed by atoms with Crippen LogP contribution in [0, 0.1) is 6.92 Å². The second-order valence-electron chi connectivity index (χ2n) is 4.36. The molecule has 0 saturated carbocycles. The third-order valence-electron chi connectivity index (χ3n) is 3.05. The summed E-state index contributed by atoms with van der Waals surface area (Å²) in [6.07, 6.45) is 1.59. The number of aryl methyl sites for hydroxylation is 1. The Kier molecular flexibility index (Phi) is 4.49. The van der Waals surface area contributed by atoms with E-state index in [9.17, 15) is 8.42 Å². The van der Waals surface area contributed by atoms with E-state index in [4.69, 9.17) is 9.47 Å². The smallest absolute Gasteiger partial charge is 0.241 e. The lowest BCUT2D eigenvalue weighted by Crippen LogP contribution is -2.23. The Labute approximate surface area is 123 Å². The molecule has 0 aliphatic carbocycles. The van der Waals surface area contributed by atoms with Gasteiger partial charge in [-0.2, -0.15) is 5.10 Å². The fourth-order valence-corrected chi connectivity index (χ4v) is 2.82. The summed E-state index contributed by atoms with van der Waals surface area (Å²) in [5, 5.41) is 6.61. The van der Waals surface area contributed by atoms with Gasteiger partial charge in [-0.25, -0.2) is 13.1 Å². The average Bonchev–Trinajstić information content (AvgIpc) is 2.89. The molecule has 0 radical (unpaired) electrons. The van der Waals surface area contributed by atoms with Crippen molar-refractivity contribution < 1.29 is 17.9 Å². The molecule has 0 atom stereocenters. The average molecular weight is 311 g/mol. The summed E-state index contributed by atoms with van der Waals surface area (Å²) < 4.78 is 37.3. The zero-order valence-corrected chi connectivity index (χ0v) is 12.8. The molecule has 8 heteroatoms. The van der Waals surface area contributed by atoms with Crippen LogP contribution < -0.4 is 14.2 Å². The number of nitrogens with one attached hydrogen (secondary N) is 2. The highest BCUT2D eigenvalue weighted by Crippen LogP contribution is 2.29. The molecular formula is C13H17N3O4S. The maximum atomic E-state index is 12.3. The predicted octanol–water partition coefficient (Wildman–Crippen LogP) is 1.21. The minimum absolute atomic E-state index is 0.112. The topological polar surface area (TPSA) is 93.3 Å². The van der Waals surface area contributed by atoms with Crippen molar-refractivity contribution in [2.24, 2.45) is 0 Å². The van der Waals surface area contributed by atoms with Crippen molar-refractivity contribution in [3.05, 3.63) is 35.7 Å². The second-order valence-corrected chi connectivity index (χ2v) is 6.13. The first-order valence-corrected chi connectivity index (χ1v) is 7.67. The highest BCUT2D eigenvalue weighted by atomic mass is 32.2. The van der Waals surface area contributed by atoms with E-state index in [1.165, 1.54) is 26.4 Å². The number of benzene rings is 1. The standard InChI is InChI=1S/C13H17N3O4S/c1-9-10(7-14-16-9)8-15-21(17,18)11-4-5-12(19-2)13(6-11)20-3/h4-7,15H,8H2,1-3H3,(H,14,16).